The highest BCUT2D eigenvalue weighted by Crippen LogP contribution is 2.33. The topological polar surface area (TPSA) is 44.7 Å². The van der Waals surface area contributed by atoms with Crippen molar-refractivity contribution < 1.29 is 9.84 Å². The molecule has 1 heterocycles. The zero-order valence-electron chi connectivity index (χ0n) is 12.6. The lowest BCUT2D eigenvalue weighted by Crippen LogP contribution is -2.50. The summed E-state index contributed by atoms with van der Waals surface area (Å²) in [5.41, 5.74) is 0.892. The molecule has 1 aromatic carbocycles. The Morgan fingerprint density at radius 2 is 2.00 bits per heavy atom. The summed E-state index contributed by atoms with van der Waals surface area (Å²) in [5.74, 6) is 0.856. The maximum atomic E-state index is 10.1. The fourth-order valence-electron chi connectivity index (χ4n) is 3.09. The van der Waals surface area contributed by atoms with E-state index < -0.39 is 0 Å². The molecule has 4 heteroatoms. The molecule has 112 valence electrons. The summed E-state index contributed by atoms with van der Waals surface area (Å²) in [4.78, 5) is 2.43. The molecule has 1 aliphatic rings. The number of nitrogens with zero attached hydrogens (tertiary/aromatic N) is 1. The number of benzene rings is 1. The number of aliphatic hydroxyl groups excluding tert-OH is 1. The van der Waals surface area contributed by atoms with Crippen molar-refractivity contribution in [3.05, 3.63) is 29.8 Å². The molecule has 1 unspecified atom stereocenters. The number of aliphatic hydroxyl groups is 1. The second kappa shape index (κ2) is 7.07. The van der Waals surface area contributed by atoms with Crippen molar-refractivity contribution in [2.45, 2.75) is 25.3 Å². The predicted molar refractivity (Wildman–Crippen MR) is 81.1 cm³/mol. The zero-order chi connectivity index (χ0) is 14.4. The normalized spacial score (nSPS) is 20.1. The van der Waals surface area contributed by atoms with Crippen LogP contribution in [0.5, 0.6) is 5.75 Å². The Kier molecular flexibility index (Phi) is 5.40. The summed E-state index contributed by atoms with van der Waals surface area (Å²) in [5, 5.41) is 13.5. The second-order valence-corrected chi connectivity index (χ2v) is 5.36. The van der Waals surface area contributed by atoms with E-state index >= 15 is 0 Å². The molecular weight excluding hydrogens is 252 g/mol. The molecule has 1 aliphatic heterocycles. The lowest BCUT2D eigenvalue weighted by molar-refractivity contribution is 0.0267. The molecule has 0 saturated carbocycles. The van der Waals surface area contributed by atoms with Gasteiger partial charge in [0.15, 0.2) is 0 Å². The number of methoxy groups -OCH3 is 1. The van der Waals surface area contributed by atoms with Crippen molar-refractivity contribution >= 4 is 0 Å². The standard InChI is InChI=1S/C16H26N2O2/c1-3-16(13-19,18-11-4-9-17-10-12-18)14-5-7-15(20-2)8-6-14/h5-8,17,19H,3-4,9-13H2,1-2H3. The van der Waals surface area contributed by atoms with Gasteiger partial charge in [0.1, 0.15) is 5.75 Å². The molecule has 0 radical (unpaired) electrons. The fraction of sp³-hybridized carbons (Fsp3) is 0.625. The van der Waals surface area contributed by atoms with E-state index in [1.165, 1.54) is 5.56 Å². The van der Waals surface area contributed by atoms with Crippen molar-refractivity contribution in [2.24, 2.45) is 0 Å². The van der Waals surface area contributed by atoms with Crippen molar-refractivity contribution in [3.8, 4) is 5.75 Å². The fourth-order valence-corrected chi connectivity index (χ4v) is 3.09. The maximum absolute atomic E-state index is 10.1. The highest BCUT2D eigenvalue weighted by atomic mass is 16.5. The van der Waals surface area contributed by atoms with Crippen molar-refractivity contribution in [2.75, 3.05) is 39.9 Å². The van der Waals surface area contributed by atoms with Gasteiger partial charge < -0.3 is 15.2 Å². The first-order valence-electron chi connectivity index (χ1n) is 7.48. The molecule has 1 aromatic rings. The molecule has 2 rings (SSSR count). The SMILES string of the molecule is CCC(CO)(c1ccc(OC)cc1)N1CCCNCC1. The van der Waals surface area contributed by atoms with E-state index in [4.69, 9.17) is 4.74 Å². The van der Waals surface area contributed by atoms with Gasteiger partial charge in [-0.25, -0.2) is 0 Å². The van der Waals surface area contributed by atoms with Gasteiger partial charge in [-0.15, -0.1) is 0 Å². The van der Waals surface area contributed by atoms with Crippen molar-refractivity contribution in [3.63, 3.8) is 0 Å². The molecular formula is C16H26N2O2. The number of nitrogens with one attached hydrogen (secondary N) is 1. The summed E-state index contributed by atoms with van der Waals surface area (Å²) >= 11 is 0. The largest absolute Gasteiger partial charge is 0.497 e. The van der Waals surface area contributed by atoms with Crippen LogP contribution in [0.1, 0.15) is 25.3 Å². The first kappa shape index (κ1) is 15.3. The molecule has 4 nitrogen and oxygen atoms in total. The van der Waals surface area contributed by atoms with E-state index in [1.54, 1.807) is 7.11 Å². The highest BCUT2D eigenvalue weighted by Gasteiger charge is 2.36. The number of ether oxygens (including phenoxy) is 1. The van der Waals surface area contributed by atoms with Gasteiger partial charge >= 0.3 is 0 Å². The Hall–Kier alpha value is -1.10. The van der Waals surface area contributed by atoms with Crippen LogP contribution in [0.4, 0.5) is 0 Å². The van der Waals surface area contributed by atoms with Gasteiger partial charge in [0.05, 0.1) is 19.3 Å². The van der Waals surface area contributed by atoms with Crippen LogP contribution in [0, 0.1) is 0 Å². The zero-order valence-corrected chi connectivity index (χ0v) is 12.6. The summed E-state index contributed by atoms with van der Waals surface area (Å²) in [6.45, 7) is 6.34. The van der Waals surface area contributed by atoms with Crippen LogP contribution in [0.2, 0.25) is 0 Å². The van der Waals surface area contributed by atoms with Crippen LogP contribution in [0.3, 0.4) is 0 Å². The maximum Gasteiger partial charge on any atom is 0.118 e. The lowest BCUT2D eigenvalue weighted by atomic mass is 9.85. The molecule has 1 atom stereocenters. The molecule has 2 N–H and O–H groups in total. The van der Waals surface area contributed by atoms with E-state index in [1.807, 2.05) is 12.1 Å². The average Bonchev–Trinajstić information content (AvgIpc) is 2.79. The minimum absolute atomic E-state index is 0.149. The van der Waals surface area contributed by atoms with Gasteiger partial charge in [-0.3, -0.25) is 4.90 Å². The Labute approximate surface area is 121 Å². The molecule has 0 spiro atoms. The third kappa shape index (κ3) is 2.97. The van der Waals surface area contributed by atoms with Crippen LogP contribution in [-0.4, -0.2) is 49.9 Å². The van der Waals surface area contributed by atoms with Crippen LogP contribution in [0.15, 0.2) is 24.3 Å². The van der Waals surface area contributed by atoms with Gasteiger partial charge in [-0.2, -0.15) is 0 Å². The van der Waals surface area contributed by atoms with Gasteiger partial charge in [0.2, 0.25) is 0 Å². The first-order valence-corrected chi connectivity index (χ1v) is 7.48. The van der Waals surface area contributed by atoms with Gasteiger partial charge in [-0.05, 0) is 37.1 Å². The molecule has 0 aromatic heterocycles. The van der Waals surface area contributed by atoms with E-state index in [0.29, 0.717) is 0 Å². The first-order chi connectivity index (χ1) is 9.76. The molecule has 0 bridgehead atoms. The summed E-state index contributed by atoms with van der Waals surface area (Å²) in [6, 6.07) is 8.12. The van der Waals surface area contributed by atoms with Gasteiger partial charge in [0.25, 0.3) is 0 Å². The third-order valence-corrected chi connectivity index (χ3v) is 4.42. The summed E-state index contributed by atoms with van der Waals surface area (Å²) in [6.07, 6.45) is 2.02. The minimum atomic E-state index is -0.279. The van der Waals surface area contributed by atoms with Crippen molar-refractivity contribution in [1.82, 2.24) is 10.2 Å². The number of hydrogen-bond donors (Lipinski definition) is 2. The van der Waals surface area contributed by atoms with E-state index in [0.717, 1.165) is 44.8 Å². The van der Waals surface area contributed by atoms with Crippen molar-refractivity contribution in [1.29, 1.82) is 0 Å². The number of hydrogen-bond acceptors (Lipinski definition) is 4. The predicted octanol–water partition coefficient (Wildman–Crippen LogP) is 1.59. The van der Waals surface area contributed by atoms with E-state index in [9.17, 15) is 5.11 Å². The van der Waals surface area contributed by atoms with Gasteiger partial charge in [-0.1, -0.05) is 19.1 Å². The number of rotatable bonds is 5. The quantitative estimate of drug-likeness (QED) is 0.858. The molecule has 0 aliphatic carbocycles. The molecule has 20 heavy (non-hydrogen) atoms. The van der Waals surface area contributed by atoms with Crippen LogP contribution >= 0.6 is 0 Å². The van der Waals surface area contributed by atoms with Crippen LogP contribution < -0.4 is 10.1 Å². The lowest BCUT2D eigenvalue weighted by Gasteiger charge is -2.42. The Bertz CT molecular complexity index is 393. The van der Waals surface area contributed by atoms with Gasteiger partial charge in [0, 0.05) is 19.6 Å². The van der Waals surface area contributed by atoms with E-state index in [2.05, 4.69) is 29.3 Å². The van der Waals surface area contributed by atoms with E-state index in [-0.39, 0.29) is 12.1 Å². The molecule has 1 fully saturated rings. The highest BCUT2D eigenvalue weighted by molar-refractivity contribution is 5.32. The summed E-state index contributed by atoms with van der Waals surface area (Å²) < 4.78 is 5.23. The van der Waals surface area contributed by atoms with Crippen LogP contribution in [-0.2, 0) is 5.54 Å². The second-order valence-electron chi connectivity index (χ2n) is 5.36. The summed E-state index contributed by atoms with van der Waals surface area (Å²) in [7, 11) is 1.68. The monoisotopic (exact) mass is 278 g/mol. The van der Waals surface area contributed by atoms with Crippen LogP contribution in [0.25, 0.3) is 0 Å². The minimum Gasteiger partial charge on any atom is -0.497 e. The average molecular weight is 278 g/mol. The Balaban J connectivity index is 2.30. The third-order valence-electron chi connectivity index (χ3n) is 4.42. The molecule has 1 saturated heterocycles. The Morgan fingerprint density at radius 3 is 2.60 bits per heavy atom. The smallest absolute Gasteiger partial charge is 0.118 e. The molecule has 0 amide bonds. The Morgan fingerprint density at radius 1 is 1.25 bits per heavy atom.